The van der Waals surface area contributed by atoms with Gasteiger partial charge in [-0.1, -0.05) is 13.8 Å². The normalized spacial score (nSPS) is 19.9. The standard InChI is InChI=1S/C7H14O3.C5H9NO2/c1-4-10-7(9)6(8)5(2)3;7-5(8)4-2-1-3-6-4/h5-6,8H,4H2,1-3H3;4,6H,1-3H2,(H,7,8)/t;4-/m.0/s1. The first-order valence-electron chi connectivity index (χ1n) is 6.21. The van der Waals surface area contributed by atoms with E-state index in [0.29, 0.717) is 6.61 Å². The van der Waals surface area contributed by atoms with Crippen LogP contribution in [0.25, 0.3) is 0 Å². The van der Waals surface area contributed by atoms with Crippen LogP contribution in [-0.2, 0) is 14.3 Å². The number of carbonyl (C=O) groups is 2. The van der Waals surface area contributed by atoms with Gasteiger partial charge in [-0.15, -0.1) is 0 Å². The van der Waals surface area contributed by atoms with Crippen molar-refractivity contribution >= 4 is 11.9 Å². The number of aliphatic carboxylic acids is 1. The van der Waals surface area contributed by atoms with Crippen molar-refractivity contribution < 1.29 is 24.5 Å². The van der Waals surface area contributed by atoms with E-state index in [9.17, 15) is 9.59 Å². The van der Waals surface area contributed by atoms with Crippen LogP contribution in [0.1, 0.15) is 33.6 Å². The maximum atomic E-state index is 10.7. The van der Waals surface area contributed by atoms with Gasteiger partial charge in [-0.3, -0.25) is 4.79 Å². The minimum Gasteiger partial charge on any atom is -0.480 e. The molecule has 0 aromatic heterocycles. The molecular weight excluding hydrogens is 238 g/mol. The summed E-state index contributed by atoms with van der Waals surface area (Å²) in [5.41, 5.74) is 0. The molecule has 6 nitrogen and oxygen atoms in total. The van der Waals surface area contributed by atoms with Gasteiger partial charge in [0.25, 0.3) is 0 Å². The number of hydrogen-bond acceptors (Lipinski definition) is 5. The van der Waals surface area contributed by atoms with E-state index >= 15 is 0 Å². The van der Waals surface area contributed by atoms with Crippen LogP contribution in [0.15, 0.2) is 0 Å². The van der Waals surface area contributed by atoms with Crippen molar-refractivity contribution in [2.24, 2.45) is 5.92 Å². The van der Waals surface area contributed by atoms with Crippen molar-refractivity contribution in [3.05, 3.63) is 0 Å². The highest BCUT2D eigenvalue weighted by Gasteiger charge is 2.20. The van der Waals surface area contributed by atoms with Crippen LogP contribution in [0, 0.1) is 5.92 Å². The SMILES string of the molecule is CCOC(=O)C(O)C(C)C.O=C(O)[C@@H]1CCCN1. The summed E-state index contributed by atoms with van der Waals surface area (Å²) < 4.78 is 4.58. The van der Waals surface area contributed by atoms with Gasteiger partial charge in [0.1, 0.15) is 6.04 Å². The average molecular weight is 261 g/mol. The number of carboxylic acids is 1. The second kappa shape index (κ2) is 8.88. The fourth-order valence-electron chi connectivity index (χ4n) is 1.40. The second-order valence-corrected chi connectivity index (χ2v) is 4.43. The van der Waals surface area contributed by atoms with Crippen LogP contribution in [-0.4, -0.2) is 47.4 Å². The first-order valence-corrected chi connectivity index (χ1v) is 6.21. The summed E-state index contributed by atoms with van der Waals surface area (Å²) in [6.45, 7) is 6.42. The topological polar surface area (TPSA) is 95.9 Å². The van der Waals surface area contributed by atoms with Crippen LogP contribution in [0.4, 0.5) is 0 Å². The number of aliphatic hydroxyl groups is 1. The first-order chi connectivity index (χ1) is 8.40. The monoisotopic (exact) mass is 261 g/mol. The molecule has 1 saturated heterocycles. The zero-order valence-corrected chi connectivity index (χ0v) is 11.2. The molecule has 2 atom stereocenters. The second-order valence-electron chi connectivity index (χ2n) is 4.43. The largest absolute Gasteiger partial charge is 0.480 e. The predicted octanol–water partition coefficient (Wildman–Crippen LogP) is 0.389. The molecule has 18 heavy (non-hydrogen) atoms. The molecule has 0 bridgehead atoms. The number of carboxylic acid groups (broad SMARTS) is 1. The summed E-state index contributed by atoms with van der Waals surface area (Å²) in [6.07, 6.45) is 0.812. The van der Waals surface area contributed by atoms with E-state index in [1.165, 1.54) is 0 Å². The summed E-state index contributed by atoms with van der Waals surface area (Å²) in [5.74, 6) is -1.32. The van der Waals surface area contributed by atoms with Crippen molar-refractivity contribution in [2.75, 3.05) is 13.2 Å². The van der Waals surface area contributed by atoms with Crippen LogP contribution in [0.3, 0.4) is 0 Å². The summed E-state index contributed by atoms with van der Waals surface area (Å²) in [6, 6.07) is -0.269. The molecule has 1 aliphatic heterocycles. The fraction of sp³-hybridized carbons (Fsp3) is 0.833. The van der Waals surface area contributed by atoms with Crippen molar-refractivity contribution in [3.8, 4) is 0 Å². The molecule has 0 aliphatic carbocycles. The van der Waals surface area contributed by atoms with E-state index in [4.69, 9.17) is 10.2 Å². The summed E-state index contributed by atoms with van der Waals surface area (Å²) >= 11 is 0. The maximum absolute atomic E-state index is 10.7. The van der Waals surface area contributed by atoms with Gasteiger partial charge in [0.15, 0.2) is 6.10 Å². The Hall–Kier alpha value is -1.14. The third kappa shape index (κ3) is 6.56. The van der Waals surface area contributed by atoms with Gasteiger partial charge >= 0.3 is 11.9 Å². The van der Waals surface area contributed by atoms with Crippen LogP contribution >= 0.6 is 0 Å². The minimum atomic E-state index is -0.972. The van der Waals surface area contributed by atoms with Crippen molar-refractivity contribution in [2.45, 2.75) is 45.8 Å². The first kappa shape index (κ1) is 16.9. The Kier molecular flexibility index (Phi) is 8.32. The molecule has 0 radical (unpaired) electrons. The van der Waals surface area contributed by atoms with Gasteiger partial charge in [-0.2, -0.15) is 0 Å². The molecule has 0 aromatic rings. The van der Waals surface area contributed by atoms with E-state index in [0.717, 1.165) is 19.4 Å². The molecule has 1 rings (SSSR count). The molecular formula is C12H23NO5. The third-order valence-corrected chi connectivity index (χ3v) is 2.52. The van der Waals surface area contributed by atoms with Crippen LogP contribution in [0.2, 0.25) is 0 Å². The van der Waals surface area contributed by atoms with Gasteiger partial charge in [0, 0.05) is 0 Å². The molecule has 1 aliphatic rings. The quantitative estimate of drug-likeness (QED) is 0.634. The van der Waals surface area contributed by atoms with Gasteiger partial charge in [0.2, 0.25) is 0 Å². The number of nitrogens with one attached hydrogen (secondary N) is 1. The minimum absolute atomic E-state index is 0.0703. The zero-order chi connectivity index (χ0) is 14.1. The number of rotatable bonds is 4. The molecule has 1 fully saturated rings. The molecule has 106 valence electrons. The molecule has 0 saturated carbocycles. The summed E-state index contributed by atoms with van der Waals surface area (Å²) in [7, 11) is 0. The van der Waals surface area contributed by atoms with Crippen LogP contribution < -0.4 is 5.32 Å². The molecule has 0 amide bonds. The molecule has 6 heteroatoms. The molecule has 1 unspecified atom stereocenters. The van der Waals surface area contributed by atoms with Crippen molar-refractivity contribution in [1.82, 2.24) is 5.32 Å². The van der Waals surface area contributed by atoms with E-state index in [-0.39, 0.29) is 12.0 Å². The average Bonchev–Trinajstić information content (AvgIpc) is 2.82. The van der Waals surface area contributed by atoms with Crippen molar-refractivity contribution in [1.29, 1.82) is 0 Å². The number of hydrogen-bond donors (Lipinski definition) is 3. The van der Waals surface area contributed by atoms with Gasteiger partial charge in [-0.25, -0.2) is 4.79 Å². The Morgan fingerprint density at radius 1 is 1.44 bits per heavy atom. The van der Waals surface area contributed by atoms with E-state index in [2.05, 4.69) is 10.1 Å². The lowest BCUT2D eigenvalue weighted by atomic mass is 10.1. The number of esters is 1. The highest BCUT2D eigenvalue weighted by molar-refractivity contribution is 5.74. The lowest BCUT2D eigenvalue weighted by molar-refractivity contribution is -0.155. The lowest BCUT2D eigenvalue weighted by Gasteiger charge is -2.11. The summed E-state index contributed by atoms with van der Waals surface area (Å²) in [4.78, 5) is 20.9. The highest BCUT2D eigenvalue weighted by atomic mass is 16.5. The van der Waals surface area contributed by atoms with Crippen LogP contribution in [0.5, 0.6) is 0 Å². The Morgan fingerprint density at radius 2 is 2.06 bits per heavy atom. The Labute approximate surface area is 107 Å². The van der Waals surface area contributed by atoms with E-state index in [1.54, 1.807) is 20.8 Å². The predicted molar refractivity (Wildman–Crippen MR) is 66.1 cm³/mol. The molecule has 0 spiro atoms. The van der Waals surface area contributed by atoms with Crippen molar-refractivity contribution in [3.63, 3.8) is 0 Å². The Balaban J connectivity index is 0.000000327. The number of carbonyl (C=O) groups excluding carboxylic acids is 1. The van der Waals surface area contributed by atoms with Gasteiger partial charge in [-0.05, 0) is 32.2 Å². The Morgan fingerprint density at radius 3 is 2.33 bits per heavy atom. The molecule has 1 heterocycles. The summed E-state index contributed by atoms with van der Waals surface area (Å²) in [5, 5.41) is 20.3. The zero-order valence-electron chi connectivity index (χ0n) is 11.2. The Bertz CT molecular complexity index is 261. The van der Waals surface area contributed by atoms with Gasteiger partial charge < -0.3 is 20.3 Å². The third-order valence-electron chi connectivity index (χ3n) is 2.52. The molecule has 0 aromatic carbocycles. The maximum Gasteiger partial charge on any atom is 0.335 e. The highest BCUT2D eigenvalue weighted by Crippen LogP contribution is 2.03. The molecule has 3 N–H and O–H groups in total. The van der Waals surface area contributed by atoms with E-state index in [1.807, 2.05) is 0 Å². The number of ether oxygens (including phenoxy) is 1. The fourth-order valence-corrected chi connectivity index (χ4v) is 1.40. The lowest BCUT2D eigenvalue weighted by Crippen LogP contribution is -2.29. The smallest absolute Gasteiger partial charge is 0.335 e. The van der Waals surface area contributed by atoms with E-state index < -0.39 is 18.0 Å². The number of aliphatic hydroxyl groups excluding tert-OH is 1. The van der Waals surface area contributed by atoms with Gasteiger partial charge in [0.05, 0.1) is 6.61 Å².